The van der Waals surface area contributed by atoms with E-state index in [9.17, 15) is 13.2 Å². The minimum atomic E-state index is -0.763. The van der Waals surface area contributed by atoms with Gasteiger partial charge in [-0.15, -0.1) is 0 Å². The third-order valence-corrected chi connectivity index (χ3v) is 1.62. The molecule has 0 nitrogen and oxygen atoms in total. The quantitative estimate of drug-likeness (QED) is 0.659. The molecule has 0 bridgehead atoms. The first-order chi connectivity index (χ1) is 5.81. The molecule has 1 aromatic carbocycles. The van der Waals surface area contributed by atoms with Gasteiger partial charge in [0.1, 0.15) is 20.0 Å². The fraction of sp³-hybridized carbons (Fsp3) is 0.333. The van der Waals surface area contributed by atoms with Crippen LogP contribution < -0.4 is 0 Å². The molecule has 0 atom stereocenters. The van der Waals surface area contributed by atoms with Crippen LogP contribution in [0.2, 0.25) is 0 Å². The maximum absolute atomic E-state index is 12.2. The van der Waals surface area contributed by atoms with Crippen LogP contribution in [0.25, 0.3) is 0 Å². The highest BCUT2D eigenvalue weighted by Gasteiger charge is 2.03. The molecule has 0 unspecified atom stereocenters. The van der Waals surface area contributed by atoms with Crippen molar-refractivity contribution in [1.82, 2.24) is 0 Å². The first kappa shape index (κ1) is 9.10. The molecule has 1 rings (SSSR count). The van der Waals surface area contributed by atoms with E-state index in [-0.39, 0.29) is 16.7 Å². The predicted octanol–water partition coefficient (Wildman–Crippen LogP) is 2.90. The summed E-state index contributed by atoms with van der Waals surface area (Å²) >= 11 is 0. The van der Waals surface area contributed by atoms with Crippen LogP contribution >= 0.6 is 0 Å². The average Bonchev–Trinajstić information content (AvgIpc) is 2.16. The van der Waals surface area contributed by atoms with Crippen molar-refractivity contribution in [3.8, 4) is 0 Å². The molecule has 12 heavy (non-hydrogen) atoms. The van der Waals surface area contributed by atoms with E-state index >= 15 is 0 Å². The Balaban J connectivity index is 3.02. The topological polar surface area (TPSA) is 0 Å². The molecule has 0 aliphatic rings. The van der Waals surface area contributed by atoms with Crippen molar-refractivity contribution in [3.63, 3.8) is 0 Å². The van der Waals surface area contributed by atoms with Crippen molar-refractivity contribution in [2.24, 2.45) is 0 Å². The van der Waals surface area contributed by atoms with Gasteiger partial charge >= 0.3 is 0 Å². The number of benzene rings is 1. The number of alkyl halides is 3. The molecule has 0 amide bonds. The van der Waals surface area contributed by atoms with Crippen LogP contribution in [-0.2, 0) is 20.0 Å². The van der Waals surface area contributed by atoms with Crippen LogP contribution in [0.5, 0.6) is 0 Å². The first-order valence-electron chi connectivity index (χ1n) is 3.52. The molecule has 0 spiro atoms. The Morgan fingerprint density at radius 2 is 1.67 bits per heavy atom. The summed E-state index contributed by atoms with van der Waals surface area (Å²) in [4.78, 5) is 0. The van der Waals surface area contributed by atoms with Crippen molar-refractivity contribution >= 4 is 0 Å². The standard InChI is InChI=1S/C9H8F3/c10-4-7-1-2-8(5-11)9(3-7)6-12/h2-3H,4-6H2. The van der Waals surface area contributed by atoms with Gasteiger partial charge < -0.3 is 0 Å². The van der Waals surface area contributed by atoms with Gasteiger partial charge in [-0.05, 0) is 34.9 Å². The second-order valence-electron chi connectivity index (χ2n) is 2.41. The fourth-order valence-corrected chi connectivity index (χ4v) is 0.943. The van der Waals surface area contributed by atoms with Crippen LogP contribution in [0.1, 0.15) is 16.7 Å². The van der Waals surface area contributed by atoms with E-state index in [0.29, 0.717) is 0 Å². The van der Waals surface area contributed by atoms with Crippen LogP contribution in [0.3, 0.4) is 0 Å². The van der Waals surface area contributed by atoms with Crippen LogP contribution in [0.4, 0.5) is 13.2 Å². The molecule has 65 valence electrons. The summed E-state index contributed by atoms with van der Waals surface area (Å²) in [6.07, 6.45) is 0. The van der Waals surface area contributed by atoms with Gasteiger partial charge in [0, 0.05) is 0 Å². The van der Waals surface area contributed by atoms with Gasteiger partial charge in [0.15, 0.2) is 0 Å². The Morgan fingerprint density at radius 1 is 1.00 bits per heavy atom. The highest BCUT2D eigenvalue weighted by molar-refractivity contribution is 5.30. The minimum absolute atomic E-state index is 0.212. The van der Waals surface area contributed by atoms with Gasteiger partial charge in [-0.1, -0.05) is 0 Å². The average molecular weight is 173 g/mol. The van der Waals surface area contributed by atoms with Crippen LogP contribution in [-0.4, -0.2) is 0 Å². The van der Waals surface area contributed by atoms with Gasteiger partial charge in [0.2, 0.25) is 0 Å². The summed E-state index contributed by atoms with van der Waals surface area (Å²) in [7, 11) is 0. The summed E-state index contributed by atoms with van der Waals surface area (Å²) < 4.78 is 36.3. The van der Waals surface area contributed by atoms with Gasteiger partial charge in [-0.2, -0.15) is 0 Å². The molecular formula is C9H8F3. The van der Waals surface area contributed by atoms with E-state index < -0.39 is 20.0 Å². The molecule has 1 radical (unpaired) electrons. The molecule has 0 aliphatic carbocycles. The van der Waals surface area contributed by atoms with E-state index in [1.165, 1.54) is 12.1 Å². The van der Waals surface area contributed by atoms with Crippen molar-refractivity contribution < 1.29 is 13.2 Å². The lowest BCUT2D eigenvalue weighted by Crippen LogP contribution is -1.91. The summed E-state index contributed by atoms with van der Waals surface area (Å²) in [6.45, 7) is -2.19. The van der Waals surface area contributed by atoms with E-state index in [0.717, 1.165) is 0 Å². The van der Waals surface area contributed by atoms with E-state index in [1.54, 1.807) is 0 Å². The Kier molecular flexibility index (Phi) is 3.14. The number of rotatable bonds is 3. The van der Waals surface area contributed by atoms with Gasteiger partial charge in [-0.3, -0.25) is 0 Å². The minimum Gasteiger partial charge on any atom is -0.246 e. The zero-order valence-corrected chi connectivity index (χ0v) is 6.41. The highest BCUT2D eigenvalue weighted by Crippen LogP contribution is 2.14. The van der Waals surface area contributed by atoms with Crippen molar-refractivity contribution in [2.75, 3.05) is 0 Å². The van der Waals surface area contributed by atoms with Gasteiger partial charge in [-0.25, -0.2) is 13.2 Å². The number of halogens is 3. The van der Waals surface area contributed by atoms with Crippen LogP contribution in [0.15, 0.2) is 12.1 Å². The lowest BCUT2D eigenvalue weighted by molar-refractivity contribution is 0.450. The van der Waals surface area contributed by atoms with Crippen molar-refractivity contribution in [3.05, 3.63) is 34.9 Å². The molecular weight excluding hydrogens is 165 g/mol. The number of hydrogen-bond donors (Lipinski definition) is 0. The molecule has 0 saturated carbocycles. The molecule has 1 aromatic rings. The Hall–Kier alpha value is -0.990. The van der Waals surface area contributed by atoms with Gasteiger partial charge in [0.25, 0.3) is 0 Å². The summed E-state index contributed by atoms with van der Waals surface area (Å²) in [5, 5.41) is 0. The monoisotopic (exact) mass is 173 g/mol. The second-order valence-corrected chi connectivity index (χ2v) is 2.41. The van der Waals surface area contributed by atoms with Crippen molar-refractivity contribution in [2.45, 2.75) is 20.0 Å². The third kappa shape index (κ3) is 1.78. The smallest absolute Gasteiger partial charge is 0.115 e. The molecule has 0 aliphatic heterocycles. The summed E-state index contributed by atoms with van der Waals surface area (Å²) in [6, 6.07) is 5.13. The van der Waals surface area contributed by atoms with E-state index in [1.807, 2.05) is 0 Å². The maximum atomic E-state index is 12.2. The van der Waals surface area contributed by atoms with Crippen molar-refractivity contribution in [1.29, 1.82) is 0 Å². The predicted molar refractivity (Wildman–Crippen MR) is 39.7 cm³/mol. The molecule has 0 aromatic heterocycles. The van der Waals surface area contributed by atoms with E-state index in [2.05, 4.69) is 6.07 Å². The Labute approximate surface area is 69.0 Å². The zero-order valence-electron chi connectivity index (χ0n) is 6.41. The normalized spacial score (nSPS) is 10.2. The SMILES string of the molecule is FCc1[c]cc(CF)c(CF)c1. The first-order valence-corrected chi connectivity index (χ1v) is 3.52. The maximum Gasteiger partial charge on any atom is 0.115 e. The van der Waals surface area contributed by atoms with E-state index in [4.69, 9.17) is 0 Å². The third-order valence-electron chi connectivity index (χ3n) is 1.62. The summed E-state index contributed by atoms with van der Waals surface area (Å²) in [5.74, 6) is 0. The Bertz CT molecular complexity index is 258. The van der Waals surface area contributed by atoms with Gasteiger partial charge in [0.05, 0.1) is 0 Å². The van der Waals surface area contributed by atoms with Crippen LogP contribution in [0, 0.1) is 6.07 Å². The second kappa shape index (κ2) is 4.14. The molecule has 0 heterocycles. The zero-order chi connectivity index (χ0) is 8.97. The molecule has 0 saturated heterocycles. The number of hydrogen-bond acceptors (Lipinski definition) is 0. The highest BCUT2D eigenvalue weighted by atomic mass is 19.1. The lowest BCUT2D eigenvalue weighted by Gasteiger charge is -2.02. The molecule has 0 N–H and O–H groups in total. The Morgan fingerprint density at radius 3 is 2.17 bits per heavy atom. The molecule has 0 fully saturated rings. The largest absolute Gasteiger partial charge is 0.246 e. The molecule has 3 heteroatoms. The summed E-state index contributed by atoms with van der Waals surface area (Å²) in [5.41, 5.74) is 0.721. The lowest BCUT2D eigenvalue weighted by atomic mass is 10.1. The fourth-order valence-electron chi connectivity index (χ4n) is 0.943.